The van der Waals surface area contributed by atoms with Gasteiger partial charge in [0.05, 0.1) is 29.5 Å². The number of carbonyl (C=O) groups is 2. The fourth-order valence-corrected chi connectivity index (χ4v) is 3.58. The summed E-state index contributed by atoms with van der Waals surface area (Å²) in [6, 6.07) is 15.8. The van der Waals surface area contributed by atoms with Crippen molar-refractivity contribution in [2.75, 3.05) is 26.3 Å². The lowest BCUT2D eigenvalue weighted by atomic mass is 10.0. The molecule has 0 radical (unpaired) electrons. The van der Waals surface area contributed by atoms with Crippen LogP contribution in [0.25, 0.3) is 5.70 Å². The molecule has 0 bridgehead atoms. The predicted molar refractivity (Wildman–Crippen MR) is 112 cm³/mol. The summed E-state index contributed by atoms with van der Waals surface area (Å²) in [5, 5.41) is 12.8. The number of benzene rings is 2. The van der Waals surface area contributed by atoms with Gasteiger partial charge in [0.1, 0.15) is 17.5 Å². The lowest BCUT2D eigenvalue weighted by Crippen LogP contribution is -2.41. The van der Waals surface area contributed by atoms with E-state index in [4.69, 9.17) is 16.3 Å². The predicted octanol–water partition coefficient (Wildman–Crippen LogP) is 2.62. The van der Waals surface area contributed by atoms with Crippen LogP contribution in [0.2, 0.25) is 5.02 Å². The molecule has 4 rings (SSSR count). The fraction of sp³-hybridized carbons (Fsp3) is 0.182. The van der Waals surface area contributed by atoms with Crippen LogP contribution in [0, 0.1) is 11.3 Å². The lowest BCUT2D eigenvalue weighted by molar-refractivity contribution is -0.130. The molecule has 30 heavy (non-hydrogen) atoms. The summed E-state index contributed by atoms with van der Waals surface area (Å²) in [6.45, 7) is 1.69. The minimum Gasteiger partial charge on any atom is -0.378 e. The Bertz CT molecular complexity index is 1130. The van der Waals surface area contributed by atoms with Crippen LogP contribution in [0.4, 0.5) is 0 Å². The quantitative estimate of drug-likeness (QED) is 0.596. The topological polar surface area (TPSA) is 94.8 Å². The van der Waals surface area contributed by atoms with Crippen LogP contribution in [0.15, 0.2) is 59.1 Å². The molecule has 0 spiro atoms. The minimum absolute atomic E-state index is 0.0636. The second-order valence-corrected chi connectivity index (χ2v) is 7.09. The van der Waals surface area contributed by atoms with Crippen LogP contribution >= 0.6 is 11.6 Å². The zero-order chi connectivity index (χ0) is 21.1. The third kappa shape index (κ3) is 3.71. The van der Waals surface area contributed by atoms with E-state index < -0.39 is 11.8 Å². The maximum absolute atomic E-state index is 12.9. The molecule has 0 aliphatic carbocycles. The molecule has 2 aliphatic heterocycles. The van der Waals surface area contributed by atoms with Crippen LogP contribution in [0.3, 0.4) is 0 Å². The van der Waals surface area contributed by atoms with E-state index in [2.05, 4.69) is 10.3 Å². The largest absolute Gasteiger partial charge is 0.378 e. The van der Waals surface area contributed by atoms with Gasteiger partial charge in [-0.05, 0) is 12.1 Å². The lowest BCUT2D eigenvalue weighted by Gasteiger charge is -2.26. The van der Waals surface area contributed by atoms with Gasteiger partial charge in [0.15, 0.2) is 0 Å². The Morgan fingerprint density at radius 2 is 1.73 bits per heavy atom. The van der Waals surface area contributed by atoms with Crippen molar-refractivity contribution in [2.45, 2.75) is 0 Å². The molecule has 0 unspecified atom stereocenters. The van der Waals surface area contributed by atoms with Crippen molar-refractivity contribution in [3.05, 3.63) is 75.8 Å². The molecule has 2 amide bonds. The number of ether oxygens (including phenoxy) is 1. The molecular weight excluding hydrogens is 404 g/mol. The number of amides is 2. The van der Waals surface area contributed by atoms with Crippen molar-refractivity contribution < 1.29 is 14.3 Å². The molecule has 8 heteroatoms. The average molecular weight is 421 g/mol. The second-order valence-electron chi connectivity index (χ2n) is 6.68. The van der Waals surface area contributed by atoms with Crippen LogP contribution in [0.1, 0.15) is 21.5 Å². The van der Waals surface area contributed by atoms with Gasteiger partial charge in [-0.2, -0.15) is 5.26 Å². The monoisotopic (exact) mass is 420 g/mol. The molecule has 0 aromatic heterocycles. The van der Waals surface area contributed by atoms with E-state index in [0.717, 1.165) is 0 Å². The zero-order valence-corrected chi connectivity index (χ0v) is 16.6. The van der Waals surface area contributed by atoms with E-state index >= 15 is 0 Å². The Morgan fingerprint density at radius 1 is 1.07 bits per heavy atom. The number of fused-ring (bicyclic) bond motifs is 1. The van der Waals surface area contributed by atoms with Gasteiger partial charge >= 0.3 is 0 Å². The van der Waals surface area contributed by atoms with Crippen molar-refractivity contribution in [1.29, 1.82) is 5.26 Å². The number of morpholine rings is 1. The molecule has 150 valence electrons. The molecule has 2 aromatic carbocycles. The van der Waals surface area contributed by atoms with Gasteiger partial charge < -0.3 is 15.0 Å². The smallest absolute Gasteiger partial charge is 0.266 e. The molecule has 1 fully saturated rings. The highest BCUT2D eigenvalue weighted by molar-refractivity contribution is 6.34. The third-order valence-corrected chi connectivity index (χ3v) is 5.20. The Labute approximate surface area is 178 Å². The number of rotatable bonds is 2. The maximum Gasteiger partial charge on any atom is 0.266 e. The maximum atomic E-state index is 12.9. The average Bonchev–Trinajstić information content (AvgIpc) is 3.13. The molecule has 2 aromatic rings. The molecule has 2 heterocycles. The number of hydrogen-bond donors (Lipinski definition) is 1. The minimum atomic E-state index is -0.423. The van der Waals surface area contributed by atoms with E-state index in [0.29, 0.717) is 48.0 Å². The van der Waals surface area contributed by atoms with Crippen molar-refractivity contribution in [3.63, 3.8) is 0 Å². The Balaban J connectivity index is 1.72. The number of carbonyl (C=O) groups excluding carboxylic acids is 2. The summed E-state index contributed by atoms with van der Waals surface area (Å²) in [6.07, 6.45) is 0. The fourth-order valence-electron chi connectivity index (χ4n) is 3.36. The first-order chi connectivity index (χ1) is 14.6. The molecular formula is C22H17ClN4O3. The molecule has 2 aliphatic rings. The summed E-state index contributed by atoms with van der Waals surface area (Å²) in [5.41, 5.74) is 1.74. The van der Waals surface area contributed by atoms with Crippen LogP contribution in [0.5, 0.6) is 0 Å². The SMILES string of the molecule is N#CC(C(=O)N1CCOCC1)=C1N=C(NC(=O)c2ccccc2Cl)c2ccccc21. The Kier molecular flexibility index (Phi) is 5.61. The number of nitriles is 1. The first kappa shape index (κ1) is 19.8. The van der Waals surface area contributed by atoms with Crippen molar-refractivity contribution >= 4 is 34.9 Å². The highest BCUT2D eigenvalue weighted by atomic mass is 35.5. The molecule has 1 N–H and O–H groups in total. The van der Waals surface area contributed by atoms with E-state index in [1.54, 1.807) is 53.4 Å². The van der Waals surface area contributed by atoms with Gasteiger partial charge in [-0.15, -0.1) is 0 Å². The summed E-state index contributed by atoms with van der Waals surface area (Å²) in [5.74, 6) is -0.547. The van der Waals surface area contributed by atoms with E-state index in [1.165, 1.54) is 0 Å². The number of amidine groups is 1. The molecule has 1 saturated heterocycles. The van der Waals surface area contributed by atoms with Gasteiger partial charge in [-0.3, -0.25) is 9.59 Å². The summed E-state index contributed by atoms with van der Waals surface area (Å²) < 4.78 is 5.28. The first-order valence-electron chi connectivity index (χ1n) is 9.36. The van der Waals surface area contributed by atoms with Crippen molar-refractivity contribution in [3.8, 4) is 6.07 Å². The summed E-state index contributed by atoms with van der Waals surface area (Å²) in [7, 11) is 0. The summed E-state index contributed by atoms with van der Waals surface area (Å²) >= 11 is 6.12. The van der Waals surface area contributed by atoms with E-state index in [-0.39, 0.29) is 17.1 Å². The number of halogens is 1. The Hall–Kier alpha value is -3.47. The number of aliphatic imine (C=N–C) groups is 1. The number of nitrogens with one attached hydrogen (secondary N) is 1. The van der Waals surface area contributed by atoms with Gasteiger partial charge in [-0.1, -0.05) is 48.0 Å². The van der Waals surface area contributed by atoms with Gasteiger partial charge in [0.25, 0.3) is 11.8 Å². The zero-order valence-electron chi connectivity index (χ0n) is 15.9. The van der Waals surface area contributed by atoms with Crippen LogP contribution in [-0.4, -0.2) is 48.9 Å². The Morgan fingerprint density at radius 3 is 2.43 bits per heavy atom. The molecule has 0 atom stereocenters. The molecule has 7 nitrogen and oxygen atoms in total. The normalized spacial score (nSPS) is 16.9. The highest BCUT2D eigenvalue weighted by Crippen LogP contribution is 2.31. The van der Waals surface area contributed by atoms with Crippen LogP contribution in [-0.2, 0) is 9.53 Å². The first-order valence-corrected chi connectivity index (χ1v) is 9.73. The standard InChI is InChI=1S/C22H17ClN4O3/c23-18-8-4-3-7-16(18)21(28)26-20-15-6-2-1-5-14(15)19(25-20)17(13-24)22(29)27-9-11-30-12-10-27/h1-8H,9-12H2,(H,25,26,28). The van der Waals surface area contributed by atoms with Crippen molar-refractivity contribution in [1.82, 2.24) is 10.2 Å². The van der Waals surface area contributed by atoms with E-state index in [9.17, 15) is 14.9 Å². The second kappa shape index (κ2) is 8.49. The van der Waals surface area contributed by atoms with E-state index in [1.807, 2.05) is 6.07 Å². The third-order valence-electron chi connectivity index (χ3n) is 4.87. The van der Waals surface area contributed by atoms with Crippen LogP contribution < -0.4 is 5.32 Å². The summed E-state index contributed by atoms with van der Waals surface area (Å²) in [4.78, 5) is 31.7. The van der Waals surface area contributed by atoms with Crippen molar-refractivity contribution in [2.24, 2.45) is 4.99 Å². The van der Waals surface area contributed by atoms with Gasteiger partial charge in [0, 0.05) is 24.2 Å². The van der Waals surface area contributed by atoms with Gasteiger partial charge in [-0.25, -0.2) is 4.99 Å². The number of hydrogen-bond acceptors (Lipinski definition) is 5. The highest BCUT2D eigenvalue weighted by Gasteiger charge is 2.30. The van der Waals surface area contributed by atoms with Gasteiger partial charge in [0.2, 0.25) is 0 Å². The number of nitrogens with zero attached hydrogens (tertiary/aromatic N) is 3. The molecule has 0 saturated carbocycles.